The van der Waals surface area contributed by atoms with E-state index in [2.05, 4.69) is 5.32 Å². The lowest BCUT2D eigenvalue weighted by Crippen LogP contribution is -2.21. The van der Waals surface area contributed by atoms with Crippen molar-refractivity contribution in [1.29, 1.82) is 0 Å². The van der Waals surface area contributed by atoms with Crippen LogP contribution in [-0.4, -0.2) is 13.1 Å². The van der Waals surface area contributed by atoms with Crippen LogP contribution in [0.5, 0.6) is 5.75 Å². The molecule has 0 spiro atoms. The normalized spacial score (nSPS) is 11.8. The fourth-order valence-electron chi connectivity index (χ4n) is 2.06. The highest BCUT2D eigenvalue weighted by atomic mass is 19.4. The number of benzene rings is 2. The van der Waals surface area contributed by atoms with E-state index in [0.717, 1.165) is 0 Å². The second-order valence-corrected chi connectivity index (χ2v) is 5.07. The van der Waals surface area contributed by atoms with Crippen LogP contribution in [0.15, 0.2) is 42.5 Å². The summed E-state index contributed by atoms with van der Waals surface area (Å²) in [4.78, 5) is 11.9. The molecule has 0 aromatic heterocycles. The van der Waals surface area contributed by atoms with E-state index in [-0.39, 0.29) is 17.5 Å². The number of anilines is 2. The molecular formula is C16H12F6N2O2. The molecular weight excluding hydrogens is 366 g/mol. The lowest BCUT2D eigenvalue weighted by molar-refractivity contribution is -0.143. The molecule has 0 radical (unpaired) electrons. The first-order valence-electron chi connectivity index (χ1n) is 7.01. The van der Waals surface area contributed by atoms with Crippen LogP contribution in [0.2, 0.25) is 0 Å². The summed E-state index contributed by atoms with van der Waals surface area (Å²) in [5, 5.41) is 4.25. The third-order valence-electron chi connectivity index (χ3n) is 3.20. The second-order valence-electron chi connectivity index (χ2n) is 5.07. The van der Waals surface area contributed by atoms with Crippen molar-refractivity contribution in [3.8, 4) is 5.75 Å². The zero-order valence-electron chi connectivity index (χ0n) is 13.1. The molecule has 0 saturated carbocycles. The molecule has 4 nitrogen and oxygen atoms in total. The van der Waals surface area contributed by atoms with Gasteiger partial charge >= 0.3 is 18.4 Å². The molecule has 0 bridgehead atoms. The van der Waals surface area contributed by atoms with Gasteiger partial charge in [-0.05, 0) is 30.3 Å². The molecule has 0 atom stereocenters. The van der Waals surface area contributed by atoms with Gasteiger partial charge in [0.25, 0.3) is 0 Å². The maximum absolute atomic E-state index is 12.8. The summed E-state index contributed by atoms with van der Waals surface area (Å²) in [7, 11) is 1.33. The number of hydrogen-bond donors (Lipinski definition) is 2. The summed E-state index contributed by atoms with van der Waals surface area (Å²) in [6.45, 7) is 0. The molecule has 26 heavy (non-hydrogen) atoms. The number of para-hydroxylation sites is 2. The number of urea groups is 1. The van der Waals surface area contributed by atoms with Gasteiger partial charge in [-0.25, -0.2) is 4.79 Å². The van der Waals surface area contributed by atoms with Gasteiger partial charge in [0.1, 0.15) is 5.75 Å². The lowest BCUT2D eigenvalue weighted by Gasteiger charge is -2.15. The molecule has 0 aliphatic rings. The number of ether oxygens (including phenoxy) is 1. The van der Waals surface area contributed by atoms with E-state index in [1.54, 1.807) is 12.1 Å². The number of halogens is 6. The van der Waals surface area contributed by atoms with Gasteiger partial charge in [0.15, 0.2) is 0 Å². The van der Waals surface area contributed by atoms with Gasteiger partial charge in [0, 0.05) is 5.69 Å². The first-order valence-corrected chi connectivity index (χ1v) is 7.01. The Kier molecular flexibility index (Phi) is 5.33. The Morgan fingerprint density at radius 3 is 1.92 bits per heavy atom. The van der Waals surface area contributed by atoms with Gasteiger partial charge < -0.3 is 15.4 Å². The largest absolute Gasteiger partial charge is 0.495 e. The van der Waals surface area contributed by atoms with Gasteiger partial charge in [0.2, 0.25) is 0 Å². The van der Waals surface area contributed by atoms with Crippen LogP contribution in [0, 0.1) is 0 Å². The van der Waals surface area contributed by atoms with Crippen LogP contribution >= 0.6 is 0 Å². The number of rotatable bonds is 3. The minimum atomic E-state index is -5.00. The van der Waals surface area contributed by atoms with Crippen molar-refractivity contribution < 1.29 is 35.9 Å². The molecule has 10 heteroatoms. The van der Waals surface area contributed by atoms with Crippen molar-refractivity contribution in [2.45, 2.75) is 12.4 Å². The molecule has 140 valence electrons. The highest BCUT2D eigenvalue weighted by Gasteiger charge is 2.37. The quantitative estimate of drug-likeness (QED) is 0.705. The SMILES string of the molecule is COc1ccccc1NC(=O)Nc1cc(C(F)(F)F)cc(C(F)(F)F)c1. The topological polar surface area (TPSA) is 50.4 Å². The van der Waals surface area contributed by atoms with Crippen molar-refractivity contribution in [2.24, 2.45) is 0 Å². The minimum Gasteiger partial charge on any atom is -0.495 e. The summed E-state index contributed by atoms with van der Waals surface area (Å²) in [5.74, 6) is 0.266. The molecule has 0 fully saturated rings. The summed E-state index contributed by atoms with van der Waals surface area (Å²) in [6.07, 6.45) is -10.0. The van der Waals surface area contributed by atoms with E-state index in [1.165, 1.54) is 19.2 Å². The number of carbonyl (C=O) groups excluding carboxylic acids is 1. The van der Waals surface area contributed by atoms with Gasteiger partial charge in [-0.3, -0.25) is 0 Å². The van der Waals surface area contributed by atoms with Crippen molar-refractivity contribution >= 4 is 17.4 Å². The van der Waals surface area contributed by atoms with Crippen LogP contribution in [-0.2, 0) is 12.4 Å². The minimum absolute atomic E-state index is 0.0245. The van der Waals surface area contributed by atoms with E-state index >= 15 is 0 Å². The molecule has 2 aromatic rings. The number of hydrogen-bond acceptors (Lipinski definition) is 2. The monoisotopic (exact) mass is 378 g/mol. The predicted molar refractivity (Wildman–Crippen MR) is 82.1 cm³/mol. The van der Waals surface area contributed by atoms with Crippen LogP contribution in [0.25, 0.3) is 0 Å². The Morgan fingerprint density at radius 2 is 1.42 bits per heavy atom. The summed E-state index contributed by atoms with van der Waals surface area (Å²) in [5.41, 5.74) is -3.52. The van der Waals surface area contributed by atoms with Gasteiger partial charge in [0.05, 0.1) is 23.9 Å². The van der Waals surface area contributed by atoms with E-state index in [1.807, 2.05) is 5.32 Å². The Balaban J connectivity index is 2.29. The standard InChI is InChI=1S/C16H12F6N2O2/c1-26-13-5-3-2-4-12(13)24-14(25)23-11-7-9(15(17,18)19)6-10(8-11)16(20,21)22/h2-8H,1H3,(H2,23,24,25). The number of nitrogens with one attached hydrogen (secondary N) is 2. The highest BCUT2D eigenvalue weighted by molar-refractivity contribution is 6.00. The maximum atomic E-state index is 12.8. The first kappa shape index (κ1) is 19.4. The molecule has 0 heterocycles. The lowest BCUT2D eigenvalue weighted by atomic mass is 10.1. The number of carbonyl (C=O) groups is 1. The Morgan fingerprint density at radius 1 is 0.885 bits per heavy atom. The smallest absolute Gasteiger partial charge is 0.416 e. The third kappa shape index (κ3) is 4.80. The van der Waals surface area contributed by atoms with Crippen molar-refractivity contribution in [3.05, 3.63) is 53.6 Å². The average Bonchev–Trinajstić information content (AvgIpc) is 2.53. The number of amides is 2. The van der Waals surface area contributed by atoms with Crippen LogP contribution in [0.3, 0.4) is 0 Å². The van der Waals surface area contributed by atoms with Crippen LogP contribution in [0.4, 0.5) is 42.5 Å². The molecule has 2 amide bonds. The molecule has 0 saturated heterocycles. The Labute approximate surface area is 143 Å². The van der Waals surface area contributed by atoms with Crippen molar-refractivity contribution in [3.63, 3.8) is 0 Å². The maximum Gasteiger partial charge on any atom is 0.416 e. The van der Waals surface area contributed by atoms with E-state index in [0.29, 0.717) is 12.1 Å². The van der Waals surface area contributed by atoms with Crippen molar-refractivity contribution in [2.75, 3.05) is 17.7 Å². The van der Waals surface area contributed by atoms with Crippen molar-refractivity contribution in [1.82, 2.24) is 0 Å². The first-order chi connectivity index (χ1) is 12.0. The summed E-state index contributed by atoms with van der Waals surface area (Å²) in [6, 6.07) is 5.92. The van der Waals surface area contributed by atoms with E-state index < -0.39 is 35.2 Å². The van der Waals surface area contributed by atoms with E-state index in [4.69, 9.17) is 4.74 Å². The Bertz CT molecular complexity index is 770. The second kappa shape index (κ2) is 7.14. The summed E-state index contributed by atoms with van der Waals surface area (Å²) >= 11 is 0. The Hall–Kier alpha value is -2.91. The van der Waals surface area contributed by atoms with Gasteiger partial charge in [-0.2, -0.15) is 26.3 Å². The summed E-state index contributed by atoms with van der Waals surface area (Å²) < 4.78 is 81.8. The molecule has 0 aliphatic carbocycles. The highest BCUT2D eigenvalue weighted by Crippen LogP contribution is 2.37. The zero-order valence-corrected chi connectivity index (χ0v) is 13.1. The fourth-order valence-corrected chi connectivity index (χ4v) is 2.06. The predicted octanol–water partition coefficient (Wildman–Crippen LogP) is 5.38. The molecule has 0 unspecified atom stereocenters. The molecule has 2 aromatic carbocycles. The number of alkyl halides is 6. The zero-order chi connectivity index (χ0) is 19.5. The van der Waals surface area contributed by atoms with Gasteiger partial charge in [-0.1, -0.05) is 12.1 Å². The fraction of sp³-hybridized carbons (Fsp3) is 0.188. The third-order valence-corrected chi connectivity index (χ3v) is 3.20. The van der Waals surface area contributed by atoms with Gasteiger partial charge in [-0.15, -0.1) is 0 Å². The molecule has 2 rings (SSSR count). The van der Waals surface area contributed by atoms with E-state index in [9.17, 15) is 31.1 Å². The average molecular weight is 378 g/mol. The number of methoxy groups -OCH3 is 1. The molecule has 2 N–H and O–H groups in total. The van der Waals surface area contributed by atoms with Crippen LogP contribution < -0.4 is 15.4 Å². The molecule has 0 aliphatic heterocycles. The van der Waals surface area contributed by atoms with Crippen LogP contribution in [0.1, 0.15) is 11.1 Å².